The second-order valence-corrected chi connectivity index (χ2v) is 8.21. The Balaban J connectivity index is 1.65. The molecule has 6 rings (SSSR count). The van der Waals surface area contributed by atoms with Crippen LogP contribution in [-0.2, 0) is 14.2 Å². The van der Waals surface area contributed by atoms with Crippen LogP contribution in [-0.4, -0.2) is 22.8 Å². The Morgan fingerprint density at radius 2 is 1.84 bits per heavy atom. The van der Waals surface area contributed by atoms with E-state index in [1.807, 2.05) is 6.92 Å². The highest BCUT2D eigenvalue weighted by Gasteiger charge is 2.84. The summed E-state index contributed by atoms with van der Waals surface area (Å²) in [6.45, 7) is 2.04. The molecule has 2 spiro atoms. The van der Waals surface area contributed by atoms with Gasteiger partial charge in [-0.25, -0.2) is 0 Å². The SMILES string of the molecule is CC12OC34CC5CC3CC3(CCCCC3(O1)C4C5)O2. The van der Waals surface area contributed by atoms with Crippen molar-refractivity contribution in [1.29, 1.82) is 0 Å². The molecule has 0 aromatic rings. The smallest absolute Gasteiger partial charge is 0.281 e. The maximum Gasteiger partial charge on any atom is 0.281 e. The zero-order valence-corrected chi connectivity index (χ0v) is 11.6. The maximum atomic E-state index is 6.56. The summed E-state index contributed by atoms with van der Waals surface area (Å²) in [6, 6.07) is 0. The van der Waals surface area contributed by atoms with Gasteiger partial charge in [0.15, 0.2) is 0 Å². The van der Waals surface area contributed by atoms with Crippen molar-refractivity contribution in [1.82, 2.24) is 0 Å². The molecule has 4 aliphatic carbocycles. The fraction of sp³-hybridized carbons (Fsp3) is 1.00. The molecule has 0 radical (unpaired) electrons. The summed E-state index contributed by atoms with van der Waals surface area (Å²) in [5.41, 5.74) is 0.115. The minimum absolute atomic E-state index is 0.00389. The summed E-state index contributed by atoms with van der Waals surface area (Å²) in [5, 5.41) is 0. The molecule has 2 heterocycles. The molecule has 2 saturated heterocycles. The molecular formula is C16H22O3. The van der Waals surface area contributed by atoms with E-state index in [4.69, 9.17) is 14.2 Å². The van der Waals surface area contributed by atoms with Crippen LogP contribution in [0.1, 0.15) is 58.3 Å². The number of ether oxygens (including phenoxy) is 3. The Kier molecular flexibility index (Phi) is 1.47. The topological polar surface area (TPSA) is 27.7 Å². The summed E-state index contributed by atoms with van der Waals surface area (Å²) in [4.78, 5) is 0. The number of hydrogen-bond donors (Lipinski definition) is 0. The lowest BCUT2D eigenvalue weighted by atomic mass is 9.50. The van der Waals surface area contributed by atoms with Gasteiger partial charge in [-0.2, -0.15) is 0 Å². The molecule has 7 atom stereocenters. The fourth-order valence-corrected chi connectivity index (χ4v) is 7.37. The van der Waals surface area contributed by atoms with Gasteiger partial charge in [-0.05, 0) is 50.4 Å². The van der Waals surface area contributed by atoms with E-state index >= 15 is 0 Å². The third-order valence-corrected chi connectivity index (χ3v) is 7.49. The normalized spacial score (nSPS) is 71.5. The van der Waals surface area contributed by atoms with E-state index < -0.39 is 5.97 Å². The highest BCUT2D eigenvalue weighted by molar-refractivity contribution is 5.29. The van der Waals surface area contributed by atoms with Gasteiger partial charge in [0.25, 0.3) is 5.97 Å². The van der Waals surface area contributed by atoms with Crippen molar-refractivity contribution in [2.45, 2.75) is 81.1 Å². The number of rotatable bonds is 0. The van der Waals surface area contributed by atoms with Gasteiger partial charge in [0, 0.05) is 12.8 Å². The van der Waals surface area contributed by atoms with Gasteiger partial charge >= 0.3 is 0 Å². The lowest BCUT2D eigenvalue weighted by Crippen LogP contribution is -2.71. The first-order valence-corrected chi connectivity index (χ1v) is 8.20. The van der Waals surface area contributed by atoms with E-state index in [2.05, 4.69) is 0 Å². The average Bonchev–Trinajstić information content (AvgIpc) is 2.88. The molecule has 6 aliphatic rings. The quantitative estimate of drug-likeness (QED) is 0.671. The van der Waals surface area contributed by atoms with Crippen molar-refractivity contribution < 1.29 is 14.2 Å². The van der Waals surface area contributed by atoms with Crippen molar-refractivity contribution in [3.8, 4) is 0 Å². The maximum absolute atomic E-state index is 6.56. The van der Waals surface area contributed by atoms with Crippen LogP contribution in [0, 0.1) is 17.8 Å². The Morgan fingerprint density at radius 1 is 0.947 bits per heavy atom. The fourth-order valence-electron chi connectivity index (χ4n) is 7.37. The predicted molar refractivity (Wildman–Crippen MR) is 67.3 cm³/mol. The molecule has 19 heavy (non-hydrogen) atoms. The van der Waals surface area contributed by atoms with Gasteiger partial charge in [0.2, 0.25) is 0 Å². The van der Waals surface area contributed by atoms with Gasteiger partial charge in [-0.15, -0.1) is 0 Å². The van der Waals surface area contributed by atoms with Crippen LogP contribution in [0.15, 0.2) is 0 Å². The van der Waals surface area contributed by atoms with Crippen molar-refractivity contribution in [3.63, 3.8) is 0 Å². The van der Waals surface area contributed by atoms with Crippen molar-refractivity contribution in [3.05, 3.63) is 0 Å². The molecule has 4 saturated carbocycles. The van der Waals surface area contributed by atoms with Crippen LogP contribution < -0.4 is 0 Å². The second kappa shape index (κ2) is 2.65. The summed E-state index contributed by atoms with van der Waals surface area (Å²) in [6.07, 6.45) is 10.2. The molecule has 3 nitrogen and oxygen atoms in total. The highest BCUT2D eigenvalue weighted by atomic mass is 16.9. The predicted octanol–water partition coefficient (Wildman–Crippen LogP) is 2.98. The molecule has 6 fully saturated rings. The van der Waals surface area contributed by atoms with E-state index in [0.717, 1.165) is 11.8 Å². The van der Waals surface area contributed by atoms with Gasteiger partial charge in [-0.1, -0.05) is 12.8 Å². The van der Waals surface area contributed by atoms with Crippen LogP contribution in [0.5, 0.6) is 0 Å². The molecule has 0 aromatic heterocycles. The summed E-state index contributed by atoms with van der Waals surface area (Å²) in [5.74, 6) is 1.52. The summed E-state index contributed by atoms with van der Waals surface area (Å²) in [7, 11) is 0. The first-order valence-electron chi connectivity index (χ1n) is 8.20. The first-order chi connectivity index (χ1) is 9.10. The van der Waals surface area contributed by atoms with Crippen LogP contribution in [0.2, 0.25) is 0 Å². The van der Waals surface area contributed by atoms with Gasteiger partial charge in [-0.3, -0.25) is 0 Å². The van der Waals surface area contributed by atoms with Gasteiger partial charge in [0.05, 0.1) is 5.60 Å². The molecule has 0 N–H and O–H groups in total. The number of hydrogen-bond acceptors (Lipinski definition) is 3. The first kappa shape index (κ1) is 10.6. The van der Waals surface area contributed by atoms with E-state index in [1.165, 1.54) is 51.4 Å². The lowest BCUT2D eigenvalue weighted by molar-refractivity contribution is -0.420. The number of fused-ring (bicyclic) bond motifs is 2. The molecule has 0 amide bonds. The molecule has 7 unspecified atom stereocenters. The summed E-state index contributed by atoms with van der Waals surface area (Å²) < 4.78 is 19.6. The van der Waals surface area contributed by atoms with Crippen LogP contribution in [0.4, 0.5) is 0 Å². The highest BCUT2D eigenvalue weighted by Crippen LogP contribution is 2.77. The average molecular weight is 262 g/mol. The largest absolute Gasteiger partial charge is 0.320 e. The molecule has 0 aromatic carbocycles. The van der Waals surface area contributed by atoms with Crippen molar-refractivity contribution >= 4 is 0 Å². The standard InChI is InChI=1S/C16H22O3/c1-13-17-14-4-2-3-5-16(14,19-13)12-7-10-6-11(9-14)15(12,8-10)18-13/h10-12H,2-9H2,1H3. The second-order valence-electron chi connectivity index (χ2n) is 8.21. The minimum Gasteiger partial charge on any atom is -0.320 e. The third-order valence-electron chi connectivity index (χ3n) is 7.49. The Morgan fingerprint density at radius 3 is 2.79 bits per heavy atom. The van der Waals surface area contributed by atoms with Crippen molar-refractivity contribution in [2.75, 3.05) is 0 Å². The van der Waals surface area contributed by atoms with E-state index in [1.54, 1.807) is 0 Å². The third kappa shape index (κ3) is 0.873. The lowest BCUT2D eigenvalue weighted by Gasteiger charge is -2.62. The molecule has 2 aliphatic heterocycles. The van der Waals surface area contributed by atoms with Crippen LogP contribution >= 0.6 is 0 Å². The van der Waals surface area contributed by atoms with Crippen molar-refractivity contribution in [2.24, 2.45) is 17.8 Å². The van der Waals surface area contributed by atoms with Crippen LogP contribution in [0.3, 0.4) is 0 Å². The zero-order chi connectivity index (χ0) is 12.5. The summed E-state index contributed by atoms with van der Waals surface area (Å²) >= 11 is 0. The van der Waals surface area contributed by atoms with E-state index in [9.17, 15) is 0 Å². The van der Waals surface area contributed by atoms with Gasteiger partial charge < -0.3 is 14.2 Å². The minimum atomic E-state index is -0.741. The molecule has 3 heteroatoms. The molecule has 104 valence electrons. The van der Waals surface area contributed by atoms with E-state index in [-0.39, 0.29) is 16.8 Å². The Hall–Kier alpha value is -0.120. The monoisotopic (exact) mass is 262 g/mol. The van der Waals surface area contributed by atoms with E-state index in [0.29, 0.717) is 5.92 Å². The van der Waals surface area contributed by atoms with Crippen LogP contribution in [0.25, 0.3) is 0 Å². The zero-order valence-electron chi connectivity index (χ0n) is 11.6. The molecular weight excluding hydrogens is 240 g/mol. The Bertz CT molecular complexity index is 488. The van der Waals surface area contributed by atoms with Gasteiger partial charge in [0.1, 0.15) is 11.2 Å². The molecule has 4 bridgehead atoms. The Labute approximate surface area is 114 Å².